The first-order valence-electron chi connectivity index (χ1n) is 8.88. The molecule has 5 nitrogen and oxygen atoms in total. The van der Waals surface area contributed by atoms with Crippen LogP contribution in [0.3, 0.4) is 0 Å². The second-order valence-corrected chi connectivity index (χ2v) is 5.66. The van der Waals surface area contributed by atoms with Crippen molar-refractivity contribution in [2.75, 3.05) is 58.9 Å². The van der Waals surface area contributed by atoms with Gasteiger partial charge >= 0.3 is 0 Å². The standard InChI is InChI=1S/C16H39N5/c1-3-5-6-16(4-2)15-21-14-13-20-12-11-19-10-9-18-8-7-17/h16,18-21H,3-15,17H2,1-2H3. The van der Waals surface area contributed by atoms with E-state index in [-0.39, 0.29) is 0 Å². The Morgan fingerprint density at radius 1 is 0.762 bits per heavy atom. The van der Waals surface area contributed by atoms with Gasteiger partial charge in [-0.2, -0.15) is 0 Å². The van der Waals surface area contributed by atoms with Crippen molar-refractivity contribution >= 4 is 0 Å². The van der Waals surface area contributed by atoms with Gasteiger partial charge < -0.3 is 27.0 Å². The summed E-state index contributed by atoms with van der Waals surface area (Å²) in [7, 11) is 0. The number of hydrogen-bond donors (Lipinski definition) is 5. The van der Waals surface area contributed by atoms with Gasteiger partial charge in [0.05, 0.1) is 0 Å². The van der Waals surface area contributed by atoms with E-state index in [1.165, 1.54) is 32.2 Å². The fourth-order valence-corrected chi connectivity index (χ4v) is 2.26. The van der Waals surface area contributed by atoms with Gasteiger partial charge in [0.15, 0.2) is 0 Å². The van der Waals surface area contributed by atoms with Gasteiger partial charge in [0.1, 0.15) is 0 Å². The van der Waals surface area contributed by atoms with Crippen LogP contribution in [-0.2, 0) is 0 Å². The summed E-state index contributed by atoms with van der Waals surface area (Å²) in [5.41, 5.74) is 5.40. The zero-order chi connectivity index (χ0) is 15.6. The van der Waals surface area contributed by atoms with E-state index in [0.717, 1.165) is 51.7 Å². The molecule has 0 fully saturated rings. The molecule has 128 valence electrons. The molecule has 0 aromatic heterocycles. The largest absolute Gasteiger partial charge is 0.329 e. The molecule has 6 N–H and O–H groups in total. The van der Waals surface area contributed by atoms with E-state index < -0.39 is 0 Å². The van der Waals surface area contributed by atoms with Gasteiger partial charge in [-0.05, 0) is 18.9 Å². The summed E-state index contributed by atoms with van der Waals surface area (Å²) in [5.74, 6) is 0.854. The van der Waals surface area contributed by atoms with Crippen LogP contribution in [0.1, 0.15) is 39.5 Å². The van der Waals surface area contributed by atoms with Crippen molar-refractivity contribution in [1.82, 2.24) is 21.3 Å². The van der Waals surface area contributed by atoms with E-state index >= 15 is 0 Å². The zero-order valence-electron chi connectivity index (χ0n) is 14.3. The summed E-state index contributed by atoms with van der Waals surface area (Å²) in [6.07, 6.45) is 5.34. The molecule has 0 heterocycles. The van der Waals surface area contributed by atoms with Gasteiger partial charge in [0.2, 0.25) is 0 Å². The van der Waals surface area contributed by atoms with Crippen LogP contribution in [0.2, 0.25) is 0 Å². The van der Waals surface area contributed by atoms with Crippen molar-refractivity contribution in [2.45, 2.75) is 39.5 Å². The molecule has 0 saturated heterocycles. The van der Waals surface area contributed by atoms with Gasteiger partial charge in [-0.1, -0.05) is 33.1 Å². The molecule has 0 radical (unpaired) electrons. The topological polar surface area (TPSA) is 74.1 Å². The molecule has 0 aliphatic heterocycles. The van der Waals surface area contributed by atoms with Gasteiger partial charge in [-0.3, -0.25) is 0 Å². The highest BCUT2D eigenvalue weighted by atomic mass is 15.0. The van der Waals surface area contributed by atoms with Crippen LogP contribution in [0.25, 0.3) is 0 Å². The van der Waals surface area contributed by atoms with Crippen molar-refractivity contribution < 1.29 is 0 Å². The monoisotopic (exact) mass is 301 g/mol. The third kappa shape index (κ3) is 16.0. The Bertz CT molecular complexity index is 190. The van der Waals surface area contributed by atoms with Crippen LogP contribution >= 0.6 is 0 Å². The highest BCUT2D eigenvalue weighted by Crippen LogP contribution is 2.10. The fourth-order valence-electron chi connectivity index (χ4n) is 2.26. The van der Waals surface area contributed by atoms with E-state index in [0.29, 0.717) is 6.54 Å². The van der Waals surface area contributed by atoms with Gasteiger partial charge in [0.25, 0.3) is 0 Å². The number of nitrogens with one attached hydrogen (secondary N) is 4. The predicted molar refractivity (Wildman–Crippen MR) is 93.8 cm³/mol. The molecule has 0 saturated carbocycles. The first kappa shape index (κ1) is 20.8. The number of nitrogens with two attached hydrogens (primary N) is 1. The molecule has 0 aliphatic rings. The molecule has 0 aliphatic carbocycles. The lowest BCUT2D eigenvalue weighted by Crippen LogP contribution is -2.36. The summed E-state index contributed by atoms with van der Waals surface area (Å²) >= 11 is 0. The molecule has 0 spiro atoms. The molecular weight excluding hydrogens is 262 g/mol. The molecule has 5 heteroatoms. The molecule has 0 amide bonds. The Morgan fingerprint density at radius 2 is 1.29 bits per heavy atom. The van der Waals surface area contributed by atoms with Crippen LogP contribution in [-0.4, -0.2) is 58.9 Å². The number of rotatable bonds is 17. The van der Waals surface area contributed by atoms with Crippen LogP contribution < -0.4 is 27.0 Å². The van der Waals surface area contributed by atoms with Crippen molar-refractivity contribution in [1.29, 1.82) is 0 Å². The minimum Gasteiger partial charge on any atom is -0.329 e. The Morgan fingerprint density at radius 3 is 1.76 bits per heavy atom. The minimum absolute atomic E-state index is 0.714. The Kier molecular flexibility index (Phi) is 17.7. The Balaban J connectivity index is 3.14. The van der Waals surface area contributed by atoms with Crippen molar-refractivity contribution in [3.8, 4) is 0 Å². The molecule has 1 atom stereocenters. The maximum absolute atomic E-state index is 5.40. The summed E-state index contributed by atoms with van der Waals surface area (Å²) in [4.78, 5) is 0. The highest BCUT2D eigenvalue weighted by Gasteiger charge is 2.04. The van der Waals surface area contributed by atoms with E-state index in [9.17, 15) is 0 Å². The molecule has 0 aromatic rings. The fraction of sp³-hybridized carbons (Fsp3) is 1.00. The molecule has 0 bridgehead atoms. The summed E-state index contributed by atoms with van der Waals surface area (Å²) in [6.45, 7) is 13.5. The Hall–Kier alpha value is -0.200. The quantitative estimate of drug-likeness (QED) is 0.253. The molecule has 21 heavy (non-hydrogen) atoms. The van der Waals surface area contributed by atoms with Gasteiger partial charge in [0, 0.05) is 52.4 Å². The molecule has 0 aromatic carbocycles. The van der Waals surface area contributed by atoms with Gasteiger partial charge in [-0.15, -0.1) is 0 Å². The lowest BCUT2D eigenvalue weighted by atomic mass is 9.99. The lowest BCUT2D eigenvalue weighted by Gasteiger charge is -2.15. The maximum Gasteiger partial charge on any atom is 0.00772 e. The summed E-state index contributed by atoms with van der Waals surface area (Å²) in [5, 5.41) is 13.7. The number of unbranched alkanes of at least 4 members (excludes halogenated alkanes) is 1. The van der Waals surface area contributed by atoms with E-state index in [2.05, 4.69) is 35.1 Å². The summed E-state index contributed by atoms with van der Waals surface area (Å²) < 4.78 is 0. The minimum atomic E-state index is 0.714. The number of hydrogen-bond acceptors (Lipinski definition) is 5. The van der Waals surface area contributed by atoms with Gasteiger partial charge in [-0.25, -0.2) is 0 Å². The third-order valence-electron chi connectivity index (χ3n) is 3.73. The van der Waals surface area contributed by atoms with E-state index in [1.807, 2.05) is 0 Å². The SMILES string of the molecule is CCCCC(CC)CNCCNCCNCCNCCN. The maximum atomic E-state index is 5.40. The molecular formula is C16H39N5. The second kappa shape index (κ2) is 17.9. The van der Waals surface area contributed by atoms with Crippen molar-refractivity contribution in [3.63, 3.8) is 0 Å². The predicted octanol–water partition coefficient (Wildman–Crippen LogP) is 0.520. The van der Waals surface area contributed by atoms with E-state index in [1.54, 1.807) is 0 Å². The first-order valence-corrected chi connectivity index (χ1v) is 8.88. The van der Waals surface area contributed by atoms with Crippen LogP contribution in [0, 0.1) is 5.92 Å². The third-order valence-corrected chi connectivity index (χ3v) is 3.73. The Labute approximate surface area is 132 Å². The van der Waals surface area contributed by atoms with Crippen LogP contribution in [0.5, 0.6) is 0 Å². The second-order valence-electron chi connectivity index (χ2n) is 5.66. The lowest BCUT2D eigenvalue weighted by molar-refractivity contribution is 0.418. The summed E-state index contributed by atoms with van der Waals surface area (Å²) in [6, 6.07) is 0. The van der Waals surface area contributed by atoms with Crippen LogP contribution in [0.15, 0.2) is 0 Å². The van der Waals surface area contributed by atoms with Crippen LogP contribution in [0.4, 0.5) is 0 Å². The van der Waals surface area contributed by atoms with Crippen molar-refractivity contribution in [2.24, 2.45) is 11.7 Å². The molecule has 0 rings (SSSR count). The normalized spacial score (nSPS) is 12.7. The first-order chi connectivity index (χ1) is 10.3. The zero-order valence-corrected chi connectivity index (χ0v) is 14.3. The van der Waals surface area contributed by atoms with E-state index in [4.69, 9.17) is 5.73 Å². The molecule has 1 unspecified atom stereocenters. The average molecular weight is 302 g/mol. The smallest absolute Gasteiger partial charge is 0.00772 e. The van der Waals surface area contributed by atoms with Crippen molar-refractivity contribution in [3.05, 3.63) is 0 Å². The average Bonchev–Trinajstić information content (AvgIpc) is 2.51. The highest BCUT2D eigenvalue weighted by molar-refractivity contribution is 4.62.